The van der Waals surface area contributed by atoms with Gasteiger partial charge in [0.05, 0.1) is 34.6 Å². The number of aliphatic hydroxyl groups excluding tert-OH is 1. The van der Waals surface area contributed by atoms with Crippen LogP contribution in [-0.2, 0) is 17.7 Å². The molecule has 0 unspecified atom stereocenters. The van der Waals surface area contributed by atoms with Crippen LogP contribution in [0.5, 0.6) is 5.75 Å². The lowest BCUT2D eigenvalue weighted by molar-refractivity contribution is -0.128. The van der Waals surface area contributed by atoms with Gasteiger partial charge in [-0.1, -0.05) is 37.3 Å². The molecular formula is C33H40FN5O5S2. The van der Waals surface area contributed by atoms with Gasteiger partial charge in [0.1, 0.15) is 22.8 Å². The van der Waals surface area contributed by atoms with Crippen molar-refractivity contribution in [2.45, 2.75) is 57.3 Å². The Morgan fingerprint density at radius 1 is 1.20 bits per heavy atom. The van der Waals surface area contributed by atoms with Crippen molar-refractivity contribution in [3.63, 3.8) is 0 Å². The quantitative estimate of drug-likeness (QED) is 0.183. The smallest absolute Gasteiger partial charge is 0.305 e. The van der Waals surface area contributed by atoms with Gasteiger partial charge >= 0.3 is 4.87 Å². The third-order valence-corrected chi connectivity index (χ3v) is 10.9. The minimum atomic E-state index is -0.872. The molecule has 0 bridgehead atoms. The van der Waals surface area contributed by atoms with Crippen LogP contribution in [0.1, 0.15) is 70.9 Å². The summed E-state index contributed by atoms with van der Waals surface area (Å²) in [7, 11) is 0. The molecule has 0 aliphatic carbocycles. The number of nitrogens with zero attached hydrogens (tertiary/aromatic N) is 3. The number of amides is 1. The average Bonchev–Trinajstić information content (AvgIpc) is 3.68. The van der Waals surface area contributed by atoms with Gasteiger partial charge in [-0.05, 0) is 55.1 Å². The number of aromatic hydroxyl groups is 1. The Bertz CT molecular complexity index is 1750. The topological polar surface area (TPSA) is 131 Å². The zero-order valence-corrected chi connectivity index (χ0v) is 27.7. The van der Waals surface area contributed by atoms with Gasteiger partial charge in [0.25, 0.3) is 5.91 Å². The van der Waals surface area contributed by atoms with Crippen molar-refractivity contribution in [2.75, 3.05) is 45.9 Å². The number of aromatic nitrogens is 2. The summed E-state index contributed by atoms with van der Waals surface area (Å²) in [6.45, 7) is 8.79. The third-order valence-electron chi connectivity index (χ3n) is 8.84. The molecule has 2 aromatic heterocycles. The van der Waals surface area contributed by atoms with E-state index >= 15 is 0 Å². The number of rotatable bonds is 10. The summed E-state index contributed by atoms with van der Waals surface area (Å²) in [4.78, 5) is 36.1. The normalized spacial score (nSPS) is 17.7. The van der Waals surface area contributed by atoms with Crippen LogP contribution in [0.3, 0.4) is 0 Å². The molecule has 1 amide bonds. The van der Waals surface area contributed by atoms with E-state index in [9.17, 15) is 24.2 Å². The fourth-order valence-corrected chi connectivity index (χ4v) is 8.07. The van der Waals surface area contributed by atoms with Crippen molar-refractivity contribution in [1.82, 2.24) is 25.1 Å². The molecule has 4 aromatic rings. The maximum atomic E-state index is 14.6. The Labute approximate surface area is 274 Å². The highest BCUT2D eigenvalue weighted by molar-refractivity contribution is 7.16. The van der Waals surface area contributed by atoms with E-state index in [0.29, 0.717) is 66.6 Å². The molecule has 0 radical (unpaired) electrons. The van der Waals surface area contributed by atoms with Crippen molar-refractivity contribution in [1.29, 1.82) is 0 Å². The maximum Gasteiger partial charge on any atom is 0.305 e. The molecule has 2 aliphatic rings. The number of aromatic amines is 1. The summed E-state index contributed by atoms with van der Waals surface area (Å²) in [5, 5.41) is 26.8. The molecule has 2 saturated heterocycles. The van der Waals surface area contributed by atoms with Crippen LogP contribution in [0.2, 0.25) is 0 Å². The van der Waals surface area contributed by atoms with E-state index < -0.39 is 6.10 Å². The number of halogens is 1. The van der Waals surface area contributed by atoms with E-state index in [1.807, 2.05) is 16.3 Å². The largest absolute Gasteiger partial charge is 0.506 e. The van der Waals surface area contributed by atoms with E-state index in [2.05, 4.69) is 34.0 Å². The van der Waals surface area contributed by atoms with Crippen LogP contribution in [-0.4, -0.2) is 87.4 Å². The number of carbonyl (C=O) groups is 1. The minimum absolute atomic E-state index is 0.0267. The number of thiazole rings is 2. The molecule has 246 valence electrons. The van der Waals surface area contributed by atoms with Crippen molar-refractivity contribution >= 4 is 38.8 Å². The number of phenolic OH excluding ortho intramolecular Hbond substituents is 1. The molecule has 1 atom stereocenters. The number of hydrogen-bond donors (Lipinski definition) is 4. The zero-order chi connectivity index (χ0) is 32.4. The summed E-state index contributed by atoms with van der Waals surface area (Å²) in [6.07, 6.45) is 1.31. The highest BCUT2D eigenvalue weighted by Crippen LogP contribution is 2.33. The monoisotopic (exact) mass is 669 g/mol. The lowest BCUT2D eigenvalue weighted by Crippen LogP contribution is -2.58. The van der Waals surface area contributed by atoms with Gasteiger partial charge < -0.3 is 30.2 Å². The Morgan fingerprint density at radius 2 is 1.98 bits per heavy atom. The van der Waals surface area contributed by atoms with Gasteiger partial charge in [-0.15, -0.1) is 11.3 Å². The van der Waals surface area contributed by atoms with E-state index in [4.69, 9.17) is 4.74 Å². The number of ether oxygens (including phenoxy) is 1. The first-order chi connectivity index (χ1) is 22.1. The van der Waals surface area contributed by atoms with Crippen molar-refractivity contribution in [2.24, 2.45) is 0 Å². The van der Waals surface area contributed by atoms with Crippen LogP contribution < -0.4 is 10.2 Å². The minimum Gasteiger partial charge on any atom is -0.506 e. The molecule has 2 aliphatic heterocycles. The number of hydrogen-bond acceptors (Lipinski definition) is 10. The summed E-state index contributed by atoms with van der Waals surface area (Å²) in [5.74, 6) is -0.0399. The number of phenols is 1. The van der Waals surface area contributed by atoms with Crippen LogP contribution in [0, 0.1) is 5.82 Å². The molecular weight excluding hydrogens is 630 g/mol. The second-order valence-electron chi connectivity index (χ2n) is 12.6. The maximum absolute atomic E-state index is 14.6. The Kier molecular flexibility index (Phi) is 9.88. The summed E-state index contributed by atoms with van der Waals surface area (Å²) >= 11 is 2.49. The molecule has 4 N–H and O–H groups in total. The molecule has 2 aromatic carbocycles. The number of piperidine rings is 1. The van der Waals surface area contributed by atoms with E-state index in [1.54, 1.807) is 18.2 Å². The number of benzene rings is 2. The predicted molar refractivity (Wildman–Crippen MR) is 177 cm³/mol. The fraction of sp³-hybridized carbons (Fsp3) is 0.485. The summed E-state index contributed by atoms with van der Waals surface area (Å²) < 4.78 is 21.4. The summed E-state index contributed by atoms with van der Waals surface area (Å²) in [6, 6.07) is 8.24. The fourth-order valence-electron chi connectivity index (χ4n) is 6.35. The van der Waals surface area contributed by atoms with Gasteiger partial charge in [0.2, 0.25) is 0 Å². The zero-order valence-electron chi connectivity index (χ0n) is 26.1. The first-order valence-electron chi connectivity index (χ1n) is 15.7. The number of H-pyrrole nitrogens is 1. The number of fused-ring (bicyclic) bond motifs is 1. The molecule has 10 nitrogen and oxygen atoms in total. The molecule has 1 spiro atoms. The first-order valence-corrected chi connectivity index (χ1v) is 17.4. The second kappa shape index (κ2) is 13.9. The van der Waals surface area contributed by atoms with Crippen LogP contribution >= 0.6 is 22.7 Å². The number of likely N-dealkylation sites (tertiary alicyclic amines) is 1. The van der Waals surface area contributed by atoms with Gasteiger partial charge in [-0.2, -0.15) is 0 Å². The summed E-state index contributed by atoms with van der Waals surface area (Å²) in [5.41, 5.74) is 2.83. The highest BCUT2D eigenvalue weighted by Gasteiger charge is 2.41. The van der Waals surface area contributed by atoms with E-state index in [1.165, 1.54) is 17.4 Å². The SMILES string of the molecule is CC(C)c1nc(C(=O)N2CCOC3(CCN(Cc4cc(F)cc(CCNC[C@H](O)c5ccc(O)c6[nH]c(=O)sc56)c4)CC3)C2)cs1. The van der Waals surface area contributed by atoms with Crippen molar-refractivity contribution in [3.8, 4) is 5.75 Å². The lowest BCUT2D eigenvalue weighted by atomic mass is 9.89. The number of carbonyl (C=O) groups excluding carboxylic acids is 1. The second-order valence-corrected chi connectivity index (χ2v) is 14.5. The van der Waals surface area contributed by atoms with Crippen LogP contribution in [0.25, 0.3) is 10.2 Å². The van der Waals surface area contributed by atoms with E-state index in [-0.39, 0.29) is 34.5 Å². The molecule has 6 rings (SSSR count). The Hall–Kier alpha value is -3.20. The molecule has 46 heavy (non-hydrogen) atoms. The van der Waals surface area contributed by atoms with Gasteiger partial charge in [0, 0.05) is 49.6 Å². The van der Waals surface area contributed by atoms with Gasteiger partial charge in [-0.3, -0.25) is 14.5 Å². The number of nitrogens with one attached hydrogen (secondary N) is 2. The first kappa shape index (κ1) is 32.7. The Balaban J connectivity index is 0.989. The third kappa shape index (κ3) is 7.35. The van der Waals surface area contributed by atoms with E-state index in [0.717, 1.165) is 53.4 Å². The Morgan fingerprint density at radius 3 is 2.74 bits per heavy atom. The predicted octanol–water partition coefficient (Wildman–Crippen LogP) is 4.39. The molecule has 4 heterocycles. The molecule has 13 heteroatoms. The molecule has 2 fully saturated rings. The van der Waals surface area contributed by atoms with Crippen LogP contribution in [0.4, 0.5) is 4.39 Å². The molecule has 0 saturated carbocycles. The number of aliphatic hydroxyl groups is 1. The van der Waals surface area contributed by atoms with Gasteiger partial charge in [0.15, 0.2) is 0 Å². The van der Waals surface area contributed by atoms with Crippen molar-refractivity contribution in [3.05, 3.63) is 78.6 Å². The standard InChI is InChI=1S/C33H40FN5O5S2/c1-20(2)30-36-25(18-45-30)31(42)39-11-12-44-33(19-39)6-9-38(10-7-33)17-22-13-21(14-23(34)15-22)5-8-35-16-27(41)24-3-4-26(40)28-29(24)46-32(43)37-28/h3-4,13-15,18,20,27,35,40-41H,5-12,16-17,19H2,1-2H3,(H,37,43)/t27-/m0/s1. The van der Waals surface area contributed by atoms with Gasteiger partial charge in [-0.25, -0.2) is 9.37 Å². The van der Waals surface area contributed by atoms with Crippen LogP contribution in [0.15, 0.2) is 40.5 Å². The van der Waals surface area contributed by atoms with Crippen molar-refractivity contribution < 1.29 is 24.1 Å². The average molecular weight is 670 g/mol. The highest BCUT2D eigenvalue weighted by atomic mass is 32.1. The number of morpholine rings is 1. The lowest BCUT2D eigenvalue weighted by Gasteiger charge is -2.47.